The molecular weight excluding hydrogens is 354 g/mol. The molecule has 148 valence electrons. The Morgan fingerprint density at radius 3 is 2.43 bits per heavy atom. The average molecular weight is 381 g/mol. The van der Waals surface area contributed by atoms with E-state index in [0.717, 1.165) is 30.6 Å². The van der Waals surface area contributed by atoms with Crippen LogP contribution in [0.5, 0.6) is 5.75 Å². The number of carbonyl (C=O) groups is 2. The third-order valence-corrected chi connectivity index (χ3v) is 4.92. The summed E-state index contributed by atoms with van der Waals surface area (Å²) in [6, 6.07) is 12.7. The van der Waals surface area contributed by atoms with Gasteiger partial charge in [0, 0.05) is 5.56 Å². The number of hydrogen-bond donors (Lipinski definition) is 1. The van der Waals surface area contributed by atoms with Gasteiger partial charge in [-0.2, -0.15) is 0 Å². The monoisotopic (exact) mass is 381 g/mol. The van der Waals surface area contributed by atoms with E-state index in [2.05, 4.69) is 5.32 Å². The summed E-state index contributed by atoms with van der Waals surface area (Å²) in [5.74, 6) is 0.190. The number of fused-ring (bicyclic) bond motifs is 1. The van der Waals surface area contributed by atoms with Crippen molar-refractivity contribution in [1.29, 1.82) is 0 Å². The zero-order valence-electron chi connectivity index (χ0n) is 16.7. The van der Waals surface area contributed by atoms with Crippen LogP contribution in [0, 0.1) is 0 Å². The van der Waals surface area contributed by atoms with Gasteiger partial charge in [0.1, 0.15) is 5.75 Å². The van der Waals surface area contributed by atoms with Crippen LogP contribution in [0.3, 0.4) is 0 Å². The summed E-state index contributed by atoms with van der Waals surface area (Å²) in [4.78, 5) is 25.1. The Labute approximate surface area is 166 Å². The molecule has 0 fully saturated rings. The number of methoxy groups -OCH3 is 1. The van der Waals surface area contributed by atoms with Crippen molar-refractivity contribution in [3.63, 3.8) is 0 Å². The molecular formula is C23H27NO4. The van der Waals surface area contributed by atoms with E-state index < -0.39 is 6.04 Å². The molecule has 3 rings (SSSR count). The normalized spacial score (nSPS) is 13.7. The molecule has 5 heteroatoms. The van der Waals surface area contributed by atoms with Gasteiger partial charge in [-0.3, -0.25) is 9.59 Å². The molecule has 0 heterocycles. The molecule has 1 atom stereocenters. The Morgan fingerprint density at radius 1 is 1.04 bits per heavy atom. The molecule has 28 heavy (non-hydrogen) atoms. The maximum atomic E-state index is 12.9. The van der Waals surface area contributed by atoms with E-state index in [9.17, 15) is 9.59 Å². The van der Waals surface area contributed by atoms with Gasteiger partial charge in [-0.25, -0.2) is 0 Å². The maximum Gasteiger partial charge on any atom is 0.308 e. The minimum absolute atomic E-state index is 0.0706. The van der Waals surface area contributed by atoms with Crippen LogP contribution in [0.4, 0.5) is 0 Å². The summed E-state index contributed by atoms with van der Waals surface area (Å²) in [6.45, 7) is 3.62. The number of aryl methyl sites for hydroxylation is 2. The fourth-order valence-electron chi connectivity index (χ4n) is 3.52. The number of esters is 1. The van der Waals surface area contributed by atoms with Gasteiger partial charge >= 0.3 is 5.97 Å². The van der Waals surface area contributed by atoms with Crippen molar-refractivity contribution in [3.8, 4) is 5.75 Å². The molecule has 0 bridgehead atoms. The SMILES string of the molecule is COc1ccc(C(CC(=O)OC(C)C)NC(=O)c2ccc3c(c2)CCC3)cc1. The lowest BCUT2D eigenvalue weighted by molar-refractivity contribution is -0.147. The predicted molar refractivity (Wildman–Crippen MR) is 108 cm³/mol. The quantitative estimate of drug-likeness (QED) is 0.737. The highest BCUT2D eigenvalue weighted by Crippen LogP contribution is 2.25. The van der Waals surface area contributed by atoms with Crippen molar-refractivity contribution < 1.29 is 19.1 Å². The molecule has 0 aromatic heterocycles. The fraction of sp³-hybridized carbons (Fsp3) is 0.391. The molecule has 0 aliphatic heterocycles. The van der Waals surface area contributed by atoms with E-state index >= 15 is 0 Å². The highest BCUT2D eigenvalue weighted by molar-refractivity contribution is 5.95. The fourth-order valence-corrected chi connectivity index (χ4v) is 3.52. The van der Waals surface area contributed by atoms with Crippen LogP contribution in [-0.2, 0) is 22.4 Å². The van der Waals surface area contributed by atoms with Gasteiger partial charge in [0.25, 0.3) is 5.91 Å². The zero-order valence-corrected chi connectivity index (χ0v) is 16.7. The molecule has 2 aromatic carbocycles. The molecule has 1 N–H and O–H groups in total. The second kappa shape index (κ2) is 8.91. The third kappa shape index (κ3) is 4.91. The molecule has 0 saturated heterocycles. The molecule has 1 aliphatic rings. The molecule has 0 radical (unpaired) electrons. The van der Waals surface area contributed by atoms with E-state index in [0.29, 0.717) is 5.56 Å². The molecule has 1 unspecified atom stereocenters. The standard InChI is InChI=1S/C23H27NO4/c1-15(2)28-22(25)14-21(17-9-11-20(27-3)12-10-17)24-23(26)19-8-7-16-5-4-6-18(16)13-19/h7-13,15,21H,4-6,14H2,1-3H3,(H,24,26). The Morgan fingerprint density at radius 2 is 1.75 bits per heavy atom. The average Bonchev–Trinajstić information content (AvgIpc) is 3.14. The first-order chi connectivity index (χ1) is 13.5. The zero-order chi connectivity index (χ0) is 20.1. The minimum atomic E-state index is -0.474. The highest BCUT2D eigenvalue weighted by atomic mass is 16.5. The summed E-state index contributed by atoms with van der Waals surface area (Å²) in [7, 11) is 1.60. The largest absolute Gasteiger partial charge is 0.497 e. The van der Waals surface area contributed by atoms with Crippen LogP contribution >= 0.6 is 0 Å². The first-order valence-corrected chi connectivity index (χ1v) is 9.72. The lowest BCUT2D eigenvalue weighted by Crippen LogP contribution is -2.31. The number of benzene rings is 2. The van der Waals surface area contributed by atoms with Crippen LogP contribution in [-0.4, -0.2) is 25.1 Å². The predicted octanol–water partition coefficient (Wildman–Crippen LogP) is 4.00. The van der Waals surface area contributed by atoms with Crippen LogP contribution in [0.2, 0.25) is 0 Å². The number of nitrogens with one attached hydrogen (secondary N) is 1. The van der Waals surface area contributed by atoms with E-state index in [1.807, 2.05) is 56.3 Å². The summed E-state index contributed by atoms with van der Waals surface area (Å²) in [6.07, 6.45) is 3.10. The molecule has 0 spiro atoms. The van der Waals surface area contributed by atoms with Gasteiger partial charge in [0.15, 0.2) is 0 Å². The Bertz CT molecular complexity index is 842. The van der Waals surface area contributed by atoms with E-state index in [1.165, 1.54) is 11.1 Å². The van der Waals surface area contributed by atoms with Gasteiger partial charge < -0.3 is 14.8 Å². The van der Waals surface area contributed by atoms with Crippen LogP contribution < -0.4 is 10.1 Å². The van der Waals surface area contributed by atoms with E-state index in [-0.39, 0.29) is 24.4 Å². The van der Waals surface area contributed by atoms with Crippen LogP contribution in [0.15, 0.2) is 42.5 Å². The highest BCUT2D eigenvalue weighted by Gasteiger charge is 2.22. The summed E-state index contributed by atoms with van der Waals surface area (Å²) >= 11 is 0. The van der Waals surface area contributed by atoms with Crippen molar-refractivity contribution in [1.82, 2.24) is 5.32 Å². The topological polar surface area (TPSA) is 64.6 Å². The van der Waals surface area contributed by atoms with E-state index in [4.69, 9.17) is 9.47 Å². The lowest BCUT2D eigenvalue weighted by Gasteiger charge is -2.20. The van der Waals surface area contributed by atoms with Gasteiger partial charge in [-0.05, 0) is 74.1 Å². The van der Waals surface area contributed by atoms with Gasteiger partial charge in [-0.1, -0.05) is 18.2 Å². The maximum absolute atomic E-state index is 12.9. The van der Waals surface area contributed by atoms with Crippen molar-refractivity contribution >= 4 is 11.9 Å². The summed E-state index contributed by atoms with van der Waals surface area (Å²) in [5.41, 5.74) is 4.02. The number of carbonyl (C=O) groups excluding carboxylic acids is 2. The molecule has 2 aromatic rings. The van der Waals surface area contributed by atoms with Crippen molar-refractivity contribution in [3.05, 3.63) is 64.7 Å². The van der Waals surface area contributed by atoms with Crippen molar-refractivity contribution in [2.45, 2.75) is 51.7 Å². The van der Waals surface area contributed by atoms with Crippen molar-refractivity contribution in [2.75, 3.05) is 7.11 Å². The Kier molecular flexibility index (Phi) is 6.34. The number of rotatable bonds is 7. The number of ether oxygens (including phenoxy) is 2. The number of hydrogen-bond acceptors (Lipinski definition) is 4. The molecule has 0 saturated carbocycles. The van der Waals surface area contributed by atoms with Gasteiger partial charge in [-0.15, -0.1) is 0 Å². The van der Waals surface area contributed by atoms with Crippen LogP contribution in [0.25, 0.3) is 0 Å². The summed E-state index contributed by atoms with van der Waals surface area (Å²) in [5, 5.41) is 3.00. The first kappa shape index (κ1) is 19.9. The second-order valence-electron chi connectivity index (χ2n) is 7.38. The molecule has 1 amide bonds. The number of amides is 1. The smallest absolute Gasteiger partial charge is 0.308 e. The van der Waals surface area contributed by atoms with Gasteiger partial charge in [0.2, 0.25) is 0 Å². The van der Waals surface area contributed by atoms with Gasteiger partial charge in [0.05, 0.1) is 25.7 Å². The van der Waals surface area contributed by atoms with Crippen molar-refractivity contribution in [2.24, 2.45) is 0 Å². The first-order valence-electron chi connectivity index (χ1n) is 9.72. The molecule has 1 aliphatic carbocycles. The Balaban J connectivity index is 1.78. The third-order valence-electron chi connectivity index (χ3n) is 4.92. The minimum Gasteiger partial charge on any atom is -0.497 e. The molecule has 5 nitrogen and oxygen atoms in total. The lowest BCUT2D eigenvalue weighted by atomic mass is 10.0. The van der Waals surface area contributed by atoms with Crippen LogP contribution in [0.1, 0.15) is 59.8 Å². The Hall–Kier alpha value is -2.82. The van der Waals surface area contributed by atoms with E-state index in [1.54, 1.807) is 7.11 Å². The summed E-state index contributed by atoms with van der Waals surface area (Å²) < 4.78 is 10.5. The second-order valence-corrected chi connectivity index (χ2v) is 7.38.